The summed E-state index contributed by atoms with van der Waals surface area (Å²) in [6.45, 7) is 0. The van der Waals surface area contributed by atoms with Crippen molar-refractivity contribution in [1.29, 1.82) is 0 Å². The van der Waals surface area contributed by atoms with Crippen LogP contribution in [0.25, 0.3) is 11.0 Å². The van der Waals surface area contributed by atoms with E-state index in [0.717, 1.165) is 0 Å². The fourth-order valence-corrected chi connectivity index (χ4v) is 2.63. The number of amides is 1. The Bertz CT molecular complexity index is 1100. The molecular weight excluding hydrogens is 382 g/mol. The van der Waals surface area contributed by atoms with Crippen molar-refractivity contribution in [2.75, 3.05) is 21.3 Å². The summed E-state index contributed by atoms with van der Waals surface area (Å²) in [4.78, 5) is 22.6. The van der Waals surface area contributed by atoms with Crippen LogP contribution < -0.4 is 19.6 Å². The molecule has 0 bridgehead atoms. The van der Waals surface area contributed by atoms with Crippen LogP contribution in [0.5, 0.6) is 17.2 Å². The average molecular weight is 399 g/mol. The minimum atomic E-state index is -0.612. The number of hydrazone groups is 1. The van der Waals surface area contributed by atoms with Gasteiger partial charge in [0.15, 0.2) is 17.3 Å². The molecule has 10 nitrogen and oxygen atoms in total. The number of hydrogen-bond acceptors (Lipinski definition) is 8. The quantitative estimate of drug-likeness (QED) is 0.367. The largest absolute Gasteiger partial charge is 0.496 e. The number of rotatable bonds is 7. The van der Waals surface area contributed by atoms with Crippen LogP contribution in [0.2, 0.25) is 0 Å². The summed E-state index contributed by atoms with van der Waals surface area (Å²) in [6.07, 6.45) is 1.38. The van der Waals surface area contributed by atoms with Gasteiger partial charge >= 0.3 is 5.91 Å². The first kappa shape index (κ1) is 19.7. The Morgan fingerprint density at radius 3 is 2.41 bits per heavy atom. The average Bonchev–Trinajstić information content (AvgIpc) is 3.16. The maximum Gasteiger partial charge on any atom is 0.307 e. The Kier molecular flexibility index (Phi) is 5.63. The van der Waals surface area contributed by atoms with Crippen LogP contribution in [0.3, 0.4) is 0 Å². The fraction of sp³-hybridized carbons (Fsp3) is 0.158. The molecule has 0 unspecified atom stereocenters. The zero-order valence-electron chi connectivity index (χ0n) is 15.8. The molecule has 1 aromatic heterocycles. The molecule has 0 fully saturated rings. The Morgan fingerprint density at radius 1 is 1.07 bits per heavy atom. The third-order valence-electron chi connectivity index (χ3n) is 4.04. The molecule has 0 radical (unpaired) electrons. The molecule has 3 aromatic rings. The van der Waals surface area contributed by atoms with Crippen molar-refractivity contribution in [3.63, 3.8) is 0 Å². The van der Waals surface area contributed by atoms with E-state index in [2.05, 4.69) is 10.5 Å². The van der Waals surface area contributed by atoms with E-state index in [-0.39, 0.29) is 11.4 Å². The standard InChI is InChI=1S/C19H17N3O7/c1-26-15-9-17(28-3)16(27-2)8-12(15)10-20-21-19(23)18-7-11-6-13(22(24)25)4-5-14(11)29-18/h4-10H,1-3H3,(H,21,23)/b20-10+. The van der Waals surface area contributed by atoms with Gasteiger partial charge in [0, 0.05) is 29.1 Å². The molecule has 0 saturated carbocycles. The second-order valence-electron chi connectivity index (χ2n) is 5.74. The summed E-state index contributed by atoms with van der Waals surface area (Å²) in [6, 6.07) is 8.75. The van der Waals surface area contributed by atoms with E-state index in [1.54, 1.807) is 12.1 Å². The minimum Gasteiger partial charge on any atom is -0.496 e. The van der Waals surface area contributed by atoms with Gasteiger partial charge in [-0.05, 0) is 18.2 Å². The molecule has 0 aliphatic rings. The third-order valence-corrected chi connectivity index (χ3v) is 4.04. The highest BCUT2D eigenvalue weighted by Crippen LogP contribution is 2.33. The zero-order valence-corrected chi connectivity index (χ0v) is 15.8. The van der Waals surface area contributed by atoms with Crippen molar-refractivity contribution < 1.29 is 28.3 Å². The Balaban J connectivity index is 1.79. The number of benzene rings is 2. The number of nitro groups is 1. The van der Waals surface area contributed by atoms with E-state index in [9.17, 15) is 14.9 Å². The number of carbonyl (C=O) groups is 1. The lowest BCUT2D eigenvalue weighted by molar-refractivity contribution is -0.384. The molecule has 2 aromatic carbocycles. The van der Waals surface area contributed by atoms with Gasteiger partial charge in [-0.2, -0.15) is 5.10 Å². The van der Waals surface area contributed by atoms with Crippen LogP contribution in [0, 0.1) is 10.1 Å². The predicted octanol–water partition coefficient (Wildman–Crippen LogP) is 3.13. The van der Waals surface area contributed by atoms with Crippen molar-refractivity contribution in [2.24, 2.45) is 5.10 Å². The van der Waals surface area contributed by atoms with Crippen LogP contribution >= 0.6 is 0 Å². The van der Waals surface area contributed by atoms with Crippen molar-refractivity contribution in [3.05, 3.63) is 57.8 Å². The van der Waals surface area contributed by atoms with Crippen LogP contribution in [-0.4, -0.2) is 38.4 Å². The van der Waals surface area contributed by atoms with Gasteiger partial charge in [-0.1, -0.05) is 0 Å². The summed E-state index contributed by atoms with van der Waals surface area (Å²) in [5.74, 6) is 0.787. The number of methoxy groups -OCH3 is 3. The summed E-state index contributed by atoms with van der Waals surface area (Å²) in [5, 5.41) is 15.2. The normalized spacial score (nSPS) is 10.9. The van der Waals surface area contributed by atoms with Crippen molar-refractivity contribution in [2.45, 2.75) is 0 Å². The highest BCUT2D eigenvalue weighted by Gasteiger charge is 2.15. The zero-order chi connectivity index (χ0) is 21.0. The number of nitrogens with zero attached hydrogens (tertiary/aromatic N) is 2. The first-order valence-electron chi connectivity index (χ1n) is 8.28. The summed E-state index contributed by atoms with van der Waals surface area (Å²) >= 11 is 0. The van der Waals surface area contributed by atoms with Crippen LogP contribution in [0.15, 0.2) is 45.9 Å². The molecule has 150 valence electrons. The number of ether oxygens (including phenoxy) is 3. The number of nitrogens with one attached hydrogen (secondary N) is 1. The Morgan fingerprint density at radius 2 is 1.76 bits per heavy atom. The molecule has 0 atom stereocenters. The first-order valence-corrected chi connectivity index (χ1v) is 8.28. The molecule has 29 heavy (non-hydrogen) atoms. The van der Waals surface area contributed by atoms with E-state index in [0.29, 0.717) is 33.8 Å². The van der Waals surface area contributed by atoms with Crippen LogP contribution in [-0.2, 0) is 0 Å². The molecule has 0 saturated heterocycles. The summed E-state index contributed by atoms with van der Waals surface area (Å²) < 4.78 is 21.1. The second-order valence-corrected chi connectivity index (χ2v) is 5.74. The molecule has 0 aliphatic heterocycles. The highest BCUT2D eigenvalue weighted by atomic mass is 16.6. The van der Waals surface area contributed by atoms with Gasteiger partial charge in [-0.3, -0.25) is 14.9 Å². The number of hydrogen-bond donors (Lipinski definition) is 1. The van der Waals surface area contributed by atoms with Crippen LogP contribution in [0.1, 0.15) is 16.1 Å². The lowest BCUT2D eigenvalue weighted by atomic mass is 10.2. The lowest BCUT2D eigenvalue weighted by Crippen LogP contribution is -2.16. The minimum absolute atomic E-state index is 0.0306. The van der Waals surface area contributed by atoms with Crippen molar-refractivity contribution >= 4 is 28.8 Å². The molecule has 1 amide bonds. The van der Waals surface area contributed by atoms with E-state index >= 15 is 0 Å². The number of furan rings is 1. The van der Waals surface area contributed by atoms with Crippen LogP contribution in [0.4, 0.5) is 5.69 Å². The first-order chi connectivity index (χ1) is 14.0. The van der Waals surface area contributed by atoms with E-state index in [1.807, 2.05) is 0 Å². The third kappa shape index (κ3) is 4.10. The number of fused-ring (bicyclic) bond motifs is 1. The number of nitro benzene ring substituents is 1. The molecule has 3 rings (SSSR count). The molecule has 10 heteroatoms. The van der Waals surface area contributed by atoms with Gasteiger partial charge in [0.2, 0.25) is 0 Å². The predicted molar refractivity (Wildman–Crippen MR) is 104 cm³/mol. The summed E-state index contributed by atoms with van der Waals surface area (Å²) in [5.41, 5.74) is 3.14. The maximum absolute atomic E-state index is 12.3. The van der Waals surface area contributed by atoms with Gasteiger partial charge < -0.3 is 18.6 Å². The second kappa shape index (κ2) is 8.30. The topological polar surface area (TPSA) is 125 Å². The van der Waals surface area contributed by atoms with Gasteiger partial charge in [0.25, 0.3) is 5.69 Å². The Hall–Kier alpha value is -4.08. The molecule has 0 spiro atoms. The van der Waals surface area contributed by atoms with Gasteiger partial charge in [0.1, 0.15) is 11.3 Å². The molecule has 0 aliphatic carbocycles. The smallest absolute Gasteiger partial charge is 0.307 e. The van der Waals surface area contributed by atoms with Crippen molar-refractivity contribution in [1.82, 2.24) is 5.43 Å². The van der Waals surface area contributed by atoms with E-state index in [4.69, 9.17) is 18.6 Å². The fourth-order valence-electron chi connectivity index (χ4n) is 2.63. The van der Waals surface area contributed by atoms with E-state index in [1.165, 1.54) is 51.8 Å². The van der Waals surface area contributed by atoms with Crippen molar-refractivity contribution in [3.8, 4) is 17.2 Å². The Labute approximate surface area is 164 Å². The molecule has 1 heterocycles. The van der Waals surface area contributed by atoms with Gasteiger partial charge in [0.05, 0.1) is 32.5 Å². The summed E-state index contributed by atoms with van der Waals surface area (Å²) in [7, 11) is 4.50. The molecule has 1 N–H and O–H groups in total. The SMILES string of the molecule is COc1cc(OC)c(OC)cc1/C=N/NC(=O)c1cc2cc([N+](=O)[O-])ccc2o1. The maximum atomic E-state index is 12.3. The lowest BCUT2D eigenvalue weighted by Gasteiger charge is -2.11. The van der Waals surface area contributed by atoms with Gasteiger partial charge in [-0.15, -0.1) is 0 Å². The number of non-ortho nitro benzene ring substituents is 1. The van der Waals surface area contributed by atoms with Gasteiger partial charge in [-0.25, -0.2) is 5.43 Å². The number of carbonyl (C=O) groups excluding carboxylic acids is 1. The van der Waals surface area contributed by atoms with E-state index < -0.39 is 10.8 Å². The molecular formula is C19H17N3O7. The monoisotopic (exact) mass is 399 g/mol. The highest BCUT2D eigenvalue weighted by molar-refractivity contribution is 5.97.